The Morgan fingerprint density at radius 1 is 0.943 bits per heavy atom. The van der Waals surface area contributed by atoms with Crippen LogP contribution in [0.5, 0.6) is 5.75 Å². The third-order valence-corrected chi connectivity index (χ3v) is 6.55. The Balaban J connectivity index is 0.000000165. The van der Waals surface area contributed by atoms with E-state index in [-0.39, 0.29) is 23.4 Å². The van der Waals surface area contributed by atoms with Crippen LogP contribution in [0.4, 0.5) is 0 Å². The van der Waals surface area contributed by atoms with Gasteiger partial charge in [-0.25, -0.2) is 0 Å². The van der Waals surface area contributed by atoms with Gasteiger partial charge in [-0.3, -0.25) is 14.4 Å². The number of phenolic OH excluding ortho intramolecular Hbond substituents is 1. The van der Waals surface area contributed by atoms with Gasteiger partial charge in [-0.05, 0) is 34.9 Å². The Labute approximate surface area is 206 Å². The lowest BCUT2D eigenvalue weighted by Gasteiger charge is -2.23. The molecular weight excluding hydrogens is 446 g/mol. The summed E-state index contributed by atoms with van der Waals surface area (Å²) in [6, 6.07) is 3.84. The quantitative estimate of drug-likeness (QED) is 0.453. The van der Waals surface area contributed by atoms with E-state index in [1.165, 1.54) is 6.08 Å². The molecular formula is C27H35N3O5. The van der Waals surface area contributed by atoms with E-state index < -0.39 is 5.97 Å². The minimum absolute atomic E-state index is 0.00546. The summed E-state index contributed by atoms with van der Waals surface area (Å²) in [4.78, 5) is 41.1. The number of carbonyl (C=O) groups is 3. The number of rotatable bonds is 7. The highest BCUT2D eigenvalue weighted by Gasteiger charge is 2.43. The third-order valence-electron chi connectivity index (χ3n) is 6.55. The van der Waals surface area contributed by atoms with E-state index in [0.717, 1.165) is 62.4 Å². The first kappa shape index (κ1) is 24.8. The summed E-state index contributed by atoms with van der Waals surface area (Å²) in [7, 11) is 0. The van der Waals surface area contributed by atoms with E-state index in [0.29, 0.717) is 29.3 Å². The van der Waals surface area contributed by atoms with Gasteiger partial charge in [-0.15, -0.1) is 0 Å². The van der Waals surface area contributed by atoms with Gasteiger partial charge in [-0.1, -0.05) is 39.8 Å². The Morgan fingerprint density at radius 2 is 1.51 bits per heavy atom. The number of hydrogen-bond donors (Lipinski definition) is 2. The zero-order valence-electron chi connectivity index (χ0n) is 21.1. The largest absolute Gasteiger partial charge is 0.507 e. The maximum Gasteiger partial charge on any atom is 0.303 e. The number of Topliss-reactive ketones (excluding diaryl/α,β-unsaturated/α-hetero) is 1. The molecule has 0 atom stereocenters. The smallest absolute Gasteiger partial charge is 0.303 e. The molecule has 3 heterocycles. The minimum Gasteiger partial charge on any atom is -0.507 e. The average molecular weight is 482 g/mol. The van der Waals surface area contributed by atoms with Crippen molar-refractivity contribution in [1.29, 1.82) is 0 Å². The molecule has 0 amide bonds. The number of nitrogens with zero attached hydrogens (tertiary/aromatic N) is 3. The molecule has 4 aliphatic rings. The Morgan fingerprint density at radius 3 is 2.00 bits per heavy atom. The van der Waals surface area contributed by atoms with E-state index in [1.807, 2.05) is 54.5 Å². The molecule has 2 N–H and O–H groups in total. The molecule has 0 bridgehead atoms. The van der Waals surface area contributed by atoms with E-state index >= 15 is 0 Å². The van der Waals surface area contributed by atoms with Crippen molar-refractivity contribution < 1.29 is 24.6 Å². The first-order valence-electron chi connectivity index (χ1n) is 12.4. The van der Waals surface area contributed by atoms with Crippen LogP contribution >= 0.6 is 0 Å². The first-order chi connectivity index (χ1) is 16.5. The Hall–Kier alpha value is -3.29. The number of carboxylic acid groups (broad SMARTS) is 1. The van der Waals surface area contributed by atoms with Gasteiger partial charge in [0, 0.05) is 51.8 Å². The molecule has 35 heavy (non-hydrogen) atoms. The van der Waals surface area contributed by atoms with Gasteiger partial charge < -0.3 is 24.9 Å². The normalized spacial score (nSPS) is 18.9. The first-order valence-corrected chi connectivity index (χ1v) is 12.4. The van der Waals surface area contributed by atoms with Gasteiger partial charge in [0.2, 0.25) is 11.6 Å². The number of aliphatic carboxylic acids is 1. The van der Waals surface area contributed by atoms with Crippen molar-refractivity contribution in [2.75, 3.05) is 39.3 Å². The maximum absolute atomic E-state index is 12.4. The Bertz CT molecular complexity index is 1120. The van der Waals surface area contributed by atoms with Crippen molar-refractivity contribution in [1.82, 2.24) is 14.7 Å². The SMILES string of the molecule is CCc1cc(CCC(=O)O)cc(C(C)(C)C)c1O.O=C1C=C(N2CC2)C(=O)C(N2CC2)=C1N1CC1. The molecule has 3 aliphatic heterocycles. The predicted molar refractivity (Wildman–Crippen MR) is 132 cm³/mol. The number of aromatic hydroxyl groups is 1. The van der Waals surface area contributed by atoms with E-state index in [9.17, 15) is 19.5 Å². The van der Waals surface area contributed by atoms with Crippen molar-refractivity contribution >= 4 is 17.5 Å². The molecule has 3 saturated heterocycles. The number of benzene rings is 1. The minimum atomic E-state index is -0.793. The van der Waals surface area contributed by atoms with Crippen molar-refractivity contribution in [3.8, 4) is 5.75 Å². The topological polar surface area (TPSA) is 101 Å². The predicted octanol–water partition coefficient (Wildman–Crippen LogP) is 2.45. The number of carbonyl (C=O) groups excluding carboxylic acids is 2. The van der Waals surface area contributed by atoms with E-state index in [4.69, 9.17) is 5.11 Å². The number of carboxylic acids is 1. The average Bonchev–Trinajstić information content (AvgIpc) is 3.62. The molecule has 0 saturated carbocycles. The van der Waals surface area contributed by atoms with Gasteiger partial charge in [0.15, 0.2) is 0 Å². The van der Waals surface area contributed by atoms with Crippen LogP contribution in [-0.4, -0.2) is 81.7 Å². The summed E-state index contributed by atoms with van der Waals surface area (Å²) in [6.45, 7) is 13.5. The fourth-order valence-electron chi connectivity index (χ4n) is 4.27. The number of phenols is 1. The fraction of sp³-hybridized carbons (Fsp3) is 0.519. The summed E-state index contributed by atoms with van der Waals surface area (Å²) < 4.78 is 0. The number of ketones is 2. The molecule has 8 nitrogen and oxygen atoms in total. The second-order valence-electron chi connectivity index (χ2n) is 10.5. The van der Waals surface area contributed by atoms with Crippen LogP contribution < -0.4 is 0 Å². The summed E-state index contributed by atoms with van der Waals surface area (Å²) >= 11 is 0. The molecule has 1 aromatic carbocycles. The summed E-state index contributed by atoms with van der Waals surface area (Å²) in [5.41, 5.74) is 4.51. The highest BCUT2D eigenvalue weighted by atomic mass is 16.4. The van der Waals surface area contributed by atoms with Crippen LogP contribution in [-0.2, 0) is 32.6 Å². The van der Waals surface area contributed by atoms with Crippen LogP contribution in [0.25, 0.3) is 0 Å². The van der Waals surface area contributed by atoms with Crippen LogP contribution in [0, 0.1) is 0 Å². The lowest BCUT2D eigenvalue weighted by Crippen LogP contribution is -2.29. The highest BCUT2D eigenvalue weighted by Crippen LogP contribution is 2.35. The molecule has 3 fully saturated rings. The van der Waals surface area contributed by atoms with Crippen molar-refractivity contribution in [3.63, 3.8) is 0 Å². The molecule has 0 radical (unpaired) electrons. The molecule has 8 heteroatoms. The molecule has 0 aromatic heterocycles. The molecule has 0 unspecified atom stereocenters. The third kappa shape index (κ3) is 5.69. The number of hydrogen-bond acceptors (Lipinski definition) is 7. The van der Waals surface area contributed by atoms with Gasteiger partial charge in [-0.2, -0.15) is 0 Å². The summed E-state index contributed by atoms with van der Waals surface area (Å²) in [6.07, 6.45) is 2.90. The van der Waals surface area contributed by atoms with Gasteiger partial charge in [0.25, 0.3) is 0 Å². The van der Waals surface area contributed by atoms with Gasteiger partial charge >= 0.3 is 5.97 Å². The Kier molecular flexibility index (Phi) is 6.66. The van der Waals surface area contributed by atoms with Crippen molar-refractivity contribution in [2.24, 2.45) is 0 Å². The van der Waals surface area contributed by atoms with E-state index in [2.05, 4.69) is 0 Å². The summed E-state index contributed by atoms with van der Waals surface area (Å²) in [5, 5.41) is 18.9. The van der Waals surface area contributed by atoms with Crippen molar-refractivity contribution in [3.05, 3.63) is 52.0 Å². The van der Waals surface area contributed by atoms with Crippen LogP contribution in [0.15, 0.2) is 35.3 Å². The molecule has 1 aromatic rings. The van der Waals surface area contributed by atoms with Crippen LogP contribution in [0.2, 0.25) is 0 Å². The van der Waals surface area contributed by atoms with Crippen molar-refractivity contribution in [2.45, 2.75) is 52.4 Å². The van der Waals surface area contributed by atoms with Gasteiger partial charge in [0.05, 0.1) is 5.70 Å². The van der Waals surface area contributed by atoms with E-state index in [1.54, 1.807) is 0 Å². The standard InChI is InChI=1S/C15H22O3.C12H13N3O2/c1-5-11-8-10(6-7-13(16)17)9-12(14(11)18)15(2,3)4;16-9-7-8(13-1-2-13)12(17)11(15-5-6-15)10(9)14-3-4-14/h8-9,18H,5-7H2,1-4H3,(H,16,17);7H,1-6H2. The van der Waals surface area contributed by atoms with Crippen LogP contribution in [0.3, 0.4) is 0 Å². The summed E-state index contributed by atoms with van der Waals surface area (Å²) in [5.74, 6) is -0.394. The maximum atomic E-state index is 12.4. The zero-order chi connectivity index (χ0) is 25.5. The molecule has 1 aliphatic carbocycles. The highest BCUT2D eigenvalue weighted by molar-refractivity contribution is 6.22. The zero-order valence-corrected chi connectivity index (χ0v) is 21.1. The molecule has 0 spiro atoms. The fourth-order valence-corrected chi connectivity index (χ4v) is 4.27. The van der Waals surface area contributed by atoms with Gasteiger partial charge in [0.1, 0.15) is 17.1 Å². The number of aryl methyl sites for hydroxylation is 2. The molecule has 188 valence electrons. The number of allylic oxidation sites excluding steroid dienone is 1. The van der Waals surface area contributed by atoms with Crippen LogP contribution in [0.1, 0.15) is 50.8 Å². The monoisotopic (exact) mass is 481 g/mol. The second-order valence-corrected chi connectivity index (χ2v) is 10.5. The lowest BCUT2D eigenvalue weighted by atomic mass is 9.83. The molecule has 5 rings (SSSR count). The lowest BCUT2D eigenvalue weighted by molar-refractivity contribution is -0.137. The second kappa shape index (κ2) is 9.40.